The van der Waals surface area contributed by atoms with E-state index in [9.17, 15) is 18.0 Å². The Kier molecular flexibility index (Phi) is 4.78. The Balaban J connectivity index is 1.56. The van der Waals surface area contributed by atoms with E-state index in [2.05, 4.69) is 20.5 Å². The number of H-pyrrole nitrogens is 1. The highest BCUT2D eigenvalue weighted by atomic mass is 19.4. The van der Waals surface area contributed by atoms with Gasteiger partial charge in [-0.15, -0.1) is 10.2 Å². The van der Waals surface area contributed by atoms with Crippen LogP contribution in [-0.2, 0) is 19.0 Å². The number of alkyl halides is 3. The average Bonchev–Trinajstić information content (AvgIpc) is 3.26. The molecular formula is C15H18F3N5O2. The topological polar surface area (TPSA) is 96.7 Å². The molecular weight excluding hydrogens is 339 g/mol. The minimum atomic E-state index is -4.64. The molecule has 0 radical (unpaired) electrons. The van der Waals surface area contributed by atoms with Gasteiger partial charge in [-0.1, -0.05) is 6.92 Å². The molecule has 136 valence electrons. The number of aryl methyl sites for hydroxylation is 1. The zero-order valence-electron chi connectivity index (χ0n) is 13.6. The lowest BCUT2D eigenvalue weighted by atomic mass is 10.0. The summed E-state index contributed by atoms with van der Waals surface area (Å²) in [6.07, 6.45) is -0.316. The minimum Gasteiger partial charge on any atom is -0.425 e. The zero-order valence-corrected chi connectivity index (χ0v) is 13.6. The van der Waals surface area contributed by atoms with Crippen LogP contribution in [0.4, 0.5) is 13.2 Å². The van der Waals surface area contributed by atoms with Gasteiger partial charge in [-0.2, -0.15) is 13.2 Å². The van der Waals surface area contributed by atoms with Crippen molar-refractivity contribution >= 4 is 5.91 Å². The van der Waals surface area contributed by atoms with E-state index in [-0.39, 0.29) is 12.0 Å². The smallest absolute Gasteiger partial charge is 0.425 e. The molecule has 2 atom stereocenters. The molecule has 1 saturated carbocycles. The van der Waals surface area contributed by atoms with E-state index in [4.69, 9.17) is 4.42 Å². The first-order chi connectivity index (χ1) is 11.9. The van der Waals surface area contributed by atoms with E-state index >= 15 is 0 Å². The van der Waals surface area contributed by atoms with Gasteiger partial charge in [0, 0.05) is 18.9 Å². The zero-order chi connectivity index (χ0) is 18.0. The van der Waals surface area contributed by atoms with Crippen molar-refractivity contribution in [3.05, 3.63) is 29.5 Å². The molecule has 2 aromatic rings. The predicted octanol–water partition coefficient (Wildman–Crippen LogP) is 2.52. The van der Waals surface area contributed by atoms with Crippen LogP contribution in [0.25, 0.3) is 0 Å². The second kappa shape index (κ2) is 6.85. The summed E-state index contributed by atoms with van der Waals surface area (Å²) in [6, 6.07) is -0.191. The minimum absolute atomic E-state index is 0.191. The third-order valence-corrected chi connectivity index (χ3v) is 4.29. The molecule has 0 unspecified atom stereocenters. The van der Waals surface area contributed by atoms with Crippen molar-refractivity contribution in [2.24, 2.45) is 5.92 Å². The SMILES string of the molecule is CCc1nnc(C[C@@H]2CC[C@H](NC(=O)c3nc[nH]c3C(F)(F)F)C2)o1. The van der Waals surface area contributed by atoms with Crippen LogP contribution in [0.15, 0.2) is 10.7 Å². The van der Waals surface area contributed by atoms with Gasteiger partial charge < -0.3 is 14.7 Å². The van der Waals surface area contributed by atoms with Gasteiger partial charge in [-0.05, 0) is 25.2 Å². The summed E-state index contributed by atoms with van der Waals surface area (Å²) in [7, 11) is 0. The van der Waals surface area contributed by atoms with E-state index < -0.39 is 23.5 Å². The highest BCUT2D eigenvalue weighted by molar-refractivity contribution is 5.93. The van der Waals surface area contributed by atoms with E-state index in [0.717, 1.165) is 12.7 Å². The van der Waals surface area contributed by atoms with Crippen LogP contribution >= 0.6 is 0 Å². The van der Waals surface area contributed by atoms with Crippen LogP contribution in [0.5, 0.6) is 0 Å². The molecule has 1 amide bonds. The van der Waals surface area contributed by atoms with E-state index in [1.165, 1.54) is 0 Å². The Morgan fingerprint density at radius 1 is 1.36 bits per heavy atom. The molecule has 2 aromatic heterocycles. The van der Waals surface area contributed by atoms with Gasteiger partial charge in [-0.25, -0.2) is 4.98 Å². The van der Waals surface area contributed by atoms with Crippen molar-refractivity contribution in [1.29, 1.82) is 0 Å². The number of aromatic amines is 1. The molecule has 2 heterocycles. The van der Waals surface area contributed by atoms with Crippen LogP contribution in [0.3, 0.4) is 0 Å². The maximum atomic E-state index is 12.8. The largest absolute Gasteiger partial charge is 0.433 e. The summed E-state index contributed by atoms with van der Waals surface area (Å²) in [4.78, 5) is 17.6. The Labute approximate surface area is 141 Å². The Morgan fingerprint density at radius 3 is 2.80 bits per heavy atom. The summed E-state index contributed by atoms with van der Waals surface area (Å²) < 4.78 is 43.9. The Morgan fingerprint density at radius 2 is 2.12 bits per heavy atom. The number of halogens is 3. The quantitative estimate of drug-likeness (QED) is 0.857. The van der Waals surface area contributed by atoms with Crippen LogP contribution in [0.2, 0.25) is 0 Å². The summed E-state index contributed by atoms with van der Waals surface area (Å²) in [5.41, 5.74) is -1.75. The molecule has 1 aliphatic carbocycles. The molecule has 10 heteroatoms. The predicted molar refractivity (Wildman–Crippen MR) is 79.6 cm³/mol. The summed E-state index contributed by atoms with van der Waals surface area (Å²) in [5.74, 6) is 0.568. The number of amides is 1. The monoisotopic (exact) mass is 357 g/mol. The summed E-state index contributed by atoms with van der Waals surface area (Å²) in [5, 5.41) is 10.5. The summed E-state index contributed by atoms with van der Waals surface area (Å²) >= 11 is 0. The van der Waals surface area contributed by atoms with Crippen molar-refractivity contribution in [2.75, 3.05) is 0 Å². The molecule has 1 aliphatic rings. The van der Waals surface area contributed by atoms with Crippen molar-refractivity contribution in [3.63, 3.8) is 0 Å². The fraction of sp³-hybridized carbons (Fsp3) is 0.600. The Bertz CT molecular complexity index is 740. The van der Waals surface area contributed by atoms with Crippen molar-refractivity contribution in [2.45, 2.75) is 51.2 Å². The summed E-state index contributed by atoms with van der Waals surface area (Å²) in [6.45, 7) is 1.92. The number of hydrogen-bond donors (Lipinski definition) is 2. The molecule has 7 nitrogen and oxygen atoms in total. The number of imidazole rings is 1. The lowest BCUT2D eigenvalue weighted by Gasteiger charge is -2.13. The Hall–Kier alpha value is -2.39. The van der Waals surface area contributed by atoms with E-state index in [0.29, 0.717) is 37.5 Å². The maximum absolute atomic E-state index is 12.8. The van der Waals surface area contributed by atoms with E-state index in [1.54, 1.807) is 0 Å². The second-order valence-corrected chi connectivity index (χ2v) is 6.12. The van der Waals surface area contributed by atoms with Gasteiger partial charge in [0.15, 0.2) is 11.4 Å². The van der Waals surface area contributed by atoms with Gasteiger partial charge in [0.25, 0.3) is 5.91 Å². The van der Waals surface area contributed by atoms with Gasteiger partial charge in [-0.3, -0.25) is 4.79 Å². The standard InChI is InChI=1S/C15H18F3N5O2/c1-2-10-22-23-11(25-10)6-8-3-4-9(5-8)21-14(24)12-13(15(16,17)18)20-7-19-12/h7-9H,2-6H2,1H3,(H,19,20)(H,21,24)/t8-,9+/m1/s1. The molecule has 25 heavy (non-hydrogen) atoms. The number of carbonyl (C=O) groups is 1. The number of nitrogens with one attached hydrogen (secondary N) is 2. The number of rotatable bonds is 5. The molecule has 0 bridgehead atoms. The lowest BCUT2D eigenvalue weighted by molar-refractivity contribution is -0.141. The molecule has 2 N–H and O–H groups in total. The fourth-order valence-electron chi connectivity index (χ4n) is 3.09. The fourth-order valence-corrected chi connectivity index (χ4v) is 3.09. The van der Waals surface area contributed by atoms with Gasteiger partial charge in [0.05, 0.1) is 6.33 Å². The third-order valence-electron chi connectivity index (χ3n) is 4.29. The van der Waals surface area contributed by atoms with Crippen LogP contribution in [0.1, 0.15) is 54.2 Å². The van der Waals surface area contributed by atoms with E-state index in [1.807, 2.05) is 11.9 Å². The molecule has 0 spiro atoms. The van der Waals surface area contributed by atoms with Crippen LogP contribution in [-0.4, -0.2) is 32.1 Å². The van der Waals surface area contributed by atoms with Crippen LogP contribution in [0, 0.1) is 5.92 Å². The average molecular weight is 357 g/mol. The first-order valence-electron chi connectivity index (χ1n) is 8.09. The highest BCUT2D eigenvalue weighted by Gasteiger charge is 2.38. The van der Waals surface area contributed by atoms with Crippen molar-refractivity contribution in [1.82, 2.24) is 25.5 Å². The number of carbonyl (C=O) groups excluding carboxylic acids is 1. The number of aromatic nitrogens is 4. The van der Waals surface area contributed by atoms with Gasteiger partial charge in [0.1, 0.15) is 0 Å². The third kappa shape index (κ3) is 3.99. The number of nitrogens with zero attached hydrogens (tertiary/aromatic N) is 3. The molecule has 1 fully saturated rings. The van der Waals surface area contributed by atoms with Crippen molar-refractivity contribution < 1.29 is 22.4 Å². The first kappa shape index (κ1) is 17.4. The maximum Gasteiger partial charge on any atom is 0.433 e. The number of hydrogen-bond acceptors (Lipinski definition) is 5. The molecule has 0 saturated heterocycles. The first-order valence-corrected chi connectivity index (χ1v) is 8.09. The van der Waals surface area contributed by atoms with Crippen LogP contribution < -0.4 is 5.32 Å². The van der Waals surface area contributed by atoms with Gasteiger partial charge >= 0.3 is 6.18 Å². The van der Waals surface area contributed by atoms with Gasteiger partial charge in [0.2, 0.25) is 11.8 Å². The lowest BCUT2D eigenvalue weighted by Crippen LogP contribution is -2.34. The molecule has 3 rings (SSSR count). The molecule has 0 aromatic carbocycles. The highest BCUT2D eigenvalue weighted by Crippen LogP contribution is 2.31. The second-order valence-electron chi connectivity index (χ2n) is 6.12. The molecule has 0 aliphatic heterocycles. The van der Waals surface area contributed by atoms with Crippen molar-refractivity contribution in [3.8, 4) is 0 Å². The normalized spacial score (nSPS) is 20.8.